The van der Waals surface area contributed by atoms with Crippen molar-refractivity contribution in [1.82, 2.24) is 15.4 Å². The first-order valence-corrected chi connectivity index (χ1v) is 11.9. The van der Waals surface area contributed by atoms with Gasteiger partial charge in [-0.2, -0.15) is 0 Å². The van der Waals surface area contributed by atoms with E-state index in [-0.39, 0.29) is 18.4 Å². The van der Waals surface area contributed by atoms with Crippen LogP contribution in [0.1, 0.15) is 45.4 Å². The Labute approximate surface area is 188 Å². The normalized spacial score (nSPS) is 23.8. The van der Waals surface area contributed by atoms with E-state index in [2.05, 4.69) is 20.3 Å². The number of aliphatic hydroxyl groups is 1. The van der Waals surface area contributed by atoms with Crippen LogP contribution in [0.2, 0.25) is 5.02 Å². The fourth-order valence-corrected chi connectivity index (χ4v) is 4.99. The Hall–Kier alpha value is -1.83. The minimum Gasteiger partial charge on any atom is -0.393 e. The molecule has 2 N–H and O–H groups in total. The van der Waals surface area contributed by atoms with Crippen LogP contribution in [0.3, 0.4) is 0 Å². The van der Waals surface area contributed by atoms with E-state index in [4.69, 9.17) is 16.1 Å². The molecule has 4 rings (SSSR count). The maximum absolute atomic E-state index is 11.8. The molecule has 0 bridgehead atoms. The topological polar surface area (TPSA) is 81.8 Å². The third-order valence-electron chi connectivity index (χ3n) is 6.63. The van der Waals surface area contributed by atoms with Crippen LogP contribution in [0.4, 0.5) is 5.82 Å². The van der Waals surface area contributed by atoms with Crippen LogP contribution in [0.25, 0.3) is 11.0 Å². The van der Waals surface area contributed by atoms with E-state index in [9.17, 15) is 9.90 Å². The summed E-state index contributed by atoms with van der Waals surface area (Å²) in [5, 5.41) is 18.4. The van der Waals surface area contributed by atoms with Crippen LogP contribution >= 0.6 is 11.6 Å². The molecule has 170 valence electrons. The van der Waals surface area contributed by atoms with Gasteiger partial charge in [0.2, 0.25) is 5.91 Å². The van der Waals surface area contributed by atoms with Crippen LogP contribution < -0.4 is 10.2 Å². The second-order valence-corrected chi connectivity index (χ2v) is 9.54. The summed E-state index contributed by atoms with van der Waals surface area (Å²) >= 11 is 6.04. The fraction of sp³-hybridized carbons (Fsp3) is 0.652. The van der Waals surface area contributed by atoms with Gasteiger partial charge in [-0.25, -0.2) is 0 Å². The van der Waals surface area contributed by atoms with Crippen LogP contribution in [0, 0.1) is 5.92 Å². The Kier molecular flexibility index (Phi) is 7.35. The number of piperazine rings is 1. The van der Waals surface area contributed by atoms with Gasteiger partial charge in [0.15, 0.2) is 11.4 Å². The third-order valence-corrected chi connectivity index (χ3v) is 6.87. The molecule has 2 aliphatic rings. The number of amides is 1. The van der Waals surface area contributed by atoms with E-state index in [1.54, 1.807) is 6.92 Å². The Morgan fingerprint density at radius 1 is 1.26 bits per heavy atom. The Morgan fingerprint density at radius 3 is 2.71 bits per heavy atom. The maximum atomic E-state index is 11.8. The first-order chi connectivity index (χ1) is 15.0. The third kappa shape index (κ3) is 5.90. The molecule has 1 aromatic heterocycles. The molecule has 0 radical (unpaired) electrons. The predicted molar refractivity (Wildman–Crippen MR) is 122 cm³/mol. The van der Waals surface area contributed by atoms with Gasteiger partial charge in [-0.05, 0) is 63.6 Å². The summed E-state index contributed by atoms with van der Waals surface area (Å²) in [6, 6.07) is 5.96. The molecule has 31 heavy (non-hydrogen) atoms. The lowest BCUT2D eigenvalue weighted by Gasteiger charge is -2.36. The number of benzene rings is 1. The van der Waals surface area contributed by atoms with Crippen molar-refractivity contribution in [3.05, 3.63) is 23.2 Å². The number of carbonyl (C=O) groups is 1. The smallest absolute Gasteiger partial charge is 0.222 e. The first kappa shape index (κ1) is 22.4. The quantitative estimate of drug-likeness (QED) is 0.675. The number of hydrogen-bond acceptors (Lipinski definition) is 6. The first-order valence-electron chi connectivity index (χ1n) is 11.5. The minimum absolute atomic E-state index is 0.0284. The van der Waals surface area contributed by atoms with Crippen molar-refractivity contribution in [1.29, 1.82) is 0 Å². The highest BCUT2D eigenvalue weighted by Crippen LogP contribution is 2.30. The second kappa shape index (κ2) is 10.2. The molecule has 1 saturated carbocycles. The van der Waals surface area contributed by atoms with Gasteiger partial charge < -0.3 is 19.8 Å². The Morgan fingerprint density at radius 2 is 2.00 bits per heavy atom. The van der Waals surface area contributed by atoms with Crippen molar-refractivity contribution in [3.8, 4) is 0 Å². The summed E-state index contributed by atoms with van der Waals surface area (Å²) in [4.78, 5) is 16.7. The lowest BCUT2D eigenvalue weighted by atomic mass is 9.84. The van der Waals surface area contributed by atoms with E-state index in [0.29, 0.717) is 5.02 Å². The molecule has 1 amide bonds. The average molecular weight is 449 g/mol. The molecule has 1 aliphatic heterocycles. The molecular formula is C23H33ClN4O3. The van der Waals surface area contributed by atoms with Gasteiger partial charge in [-0.1, -0.05) is 16.8 Å². The summed E-state index contributed by atoms with van der Waals surface area (Å²) in [7, 11) is 0. The van der Waals surface area contributed by atoms with Crippen LogP contribution in [-0.2, 0) is 4.79 Å². The van der Waals surface area contributed by atoms with Crippen LogP contribution in [0.15, 0.2) is 22.7 Å². The molecule has 2 aromatic rings. The van der Waals surface area contributed by atoms with E-state index in [1.165, 1.54) is 19.3 Å². The number of halogens is 1. The van der Waals surface area contributed by atoms with E-state index >= 15 is 0 Å². The molecule has 7 nitrogen and oxygen atoms in total. The van der Waals surface area contributed by atoms with E-state index in [0.717, 1.165) is 68.3 Å². The summed E-state index contributed by atoms with van der Waals surface area (Å²) in [5.74, 6) is 1.63. The molecule has 1 aliphatic carbocycles. The zero-order chi connectivity index (χ0) is 21.8. The Bertz CT molecular complexity index is 871. The lowest BCUT2D eigenvalue weighted by Crippen LogP contribution is -2.47. The monoisotopic (exact) mass is 448 g/mol. The molecule has 2 fully saturated rings. The summed E-state index contributed by atoms with van der Waals surface area (Å²) < 4.78 is 5.46. The molecular weight excluding hydrogens is 416 g/mol. The van der Waals surface area contributed by atoms with Crippen molar-refractivity contribution < 1.29 is 14.4 Å². The summed E-state index contributed by atoms with van der Waals surface area (Å²) in [6.45, 7) is 6.75. The zero-order valence-electron chi connectivity index (χ0n) is 18.2. The molecule has 8 heteroatoms. The van der Waals surface area contributed by atoms with Crippen molar-refractivity contribution in [2.24, 2.45) is 5.92 Å². The highest BCUT2D eigenvalue weighted by Gasteiger charge is 2.25. The molecule has 0 unspecified atom stereocenters. The average Bonchev–Trinajstić information content (AvgIpc) is 3.16. The largest absolute Gasteiger partial charge is 0.393 e. The minimum atomic E-state index is -0.571. The van der Waals surface area contributed by atoms with Gasteiger partial charge in [0.1, 0.15) is 0 Å². The van der Waals surface area contributed by atoms with Crippen LogP contribution in [-0.4, -0.2) is 65.9 Å². The SMILES string of the molecule is C[C@H](O)CC(=O)NC1CCC(CCN2CCN(c3noc4cc(Cl)ccc34)CC2)CC1. The maximum Gasteiger partial charge on any atom is 0.222 e. The second-order valence-electron chi connectivity index (χ2n) is 9.10. The molecule has 1 saturated heterocycles. The number of hydrogen-bond donors (Lipinski definition) is 2. The lowest BCUT2D eigenvalue weighted by molar-refractivity contribution is -0.123. The number of rotatable bonds is 7. The number of carbonyl (C=O) groups excluding carboxylic acids is 1. The molecule has 0 spiro atoms. The Balaban J connectivity index is 1.17. The van der Waals surface area contributed by atoms with Gasteiger partial charge in [0.05, 0.1) is 17.9 Å². The number of nitrogens with zero attached hydrogens (tertiary/aromatic N) is 3. The standard InChI is InChI=1S/C23H33ClN4O3/c1-16(29)14-22(30)25-19-5-2-17(3-6-19)8-9-27-10-12-28(13-11-27)23-20-7-4-18(24)15-21(20)31-26-23/h4,7,15-17,19,29H,2-3,5-6,8-14H2,1H3,(H,25,30)/t16-,17?,19?/m0/s1. The van der Waals surface area contributed by atoms with Gasteiger partial charge >= 0.3 is 0 Å². The van der Waals surface area contributed by atoms with Crippen LogP contribution in [0.5, 0.6) is 0 Å². The van der Waals surface area contributed by atoms with Crippen molar-refractivity contribution in [3.63, 3.8) is 0 Å². The van der Waals surface area contributed by atoms with Crippen molar-refractivity contribution in [2.45, 2.75) is 57.6 Å². The summed E-state index contributed by atoms with van der Waals surface area (Å²) in [5.41, 5.74) is 0.739. The van der Waals surface area contributed by atoms with Crippen molar-refractivity contribution in [2.75, 3.05) is 37.6 Å². The zero-order valence-corrected chi connectivity index (χ0v) is 19.0. The highest BCUT2D eigenvalue weighted by atomic mass is 35.5. The number of anilines is 1. The number of fused-ring (bicyclic) bond motifs is 1. The molecule has 1 atom stereocenters. The molecule has 1 aromatic carbocycles. The van der Waals surface area contributed by atoms with Gasteiger partial charge in [0, 0.05) is 43.3 Å². The molecule has 2 heterocycles. The summed E-state index contributed by atoms with van der Waals surface area (Å²) in [6.07, 6.45) is 5.29. The fourth-order valence-electron chi connectivity index (χ4n) is 4.82. The highest BCUT2D eigenvalue weighted by molar-refractivity contribution is 6.31. The number of aromatic nitrogens is 1. The van der Waals surface area contributed by atoms with E-state index in [1.807, 2.05) is 18.2 Å². The van der Waals surface area contributed by atoms with E-state index < -0.39 is 6.10 Å². The van der Waals surface area contributed by atoms with Gasteiger partial charge in [-0.3, -0.25) is 9.69 Å². The number of nitrogens with one attached hydrogen (secondary N) is 1. The van der Waals surface area contributed by atoms with Crippen molar-refractivity contribution >= 4 is 34.3 Å². The van der Waals surface area contributed by atoms with Gasteiger partial charge in [-0.15, -0.1) is 0 Å². The van der Waals surface area contributed by atoms with Gasteiger partial charge in [0.25, 0.3) is 0 Å². The number of aliphatic hydroxyl groups excluding tert-OH is 1. The predicted octanol–water partition coefficient (Wildman–Crippen LogP) is 3.44.